The zero-order valence-corrected chi connectivity index (χ0v) is 12.6. The Morgan fingerprint density at radius 3 is 2.90 bits per heavy atom. The number of nitrogen functional groups attached to an aromatic ring is 1. The van der Waals surface area contributed by atoms with E-state index in [1.165, 1.54) is 0 Å². The monoisotopic (exact) mass is 289 g/mol. The summed E-state index contributed by atoms with van der Waals surface area (Å²) in [4.78, 5) is 14.5. The summed E-state index contributed by atoms with van der Waals surface area (Å²) in [5.41, 5.74) is 7.60. The van der Waals surface area contributed by atoms with Crippen molar-refractivity contribution in [1.29, 1.82) is 0 Å². The highest BCUT2D eigenvalue weighted by Gasteiger charge is 2.14. The van der Waals surface area contributed by atoms with E-state index in [9.17, 15) is 4.79 Å². The highest BCUT2D eigenvalue weighted by Crippen LogP contribution is 2.18. The molecule has 1 aromatic heterocycles. The van der Waals surface area contributed by atoms with Gasteiger partial charge in [-0.25, -0.2) is 0 Å². The predicted octanol–water partition coefficient (Wildman–Crippen LogP) is 1.61. The lowest BCUT2D eigenvalue weighted by Gasteiger charge is -2.19. The fourth-order valence-electron chi connectivity index (χ4n) is 2.36. The molecule has 1 amide bonds. The molecule has 0 unspecified atom stereocenters. The zero-order valence-electron chi connectivity index (χ0n) is 12.6. The lowest BCUT2D eigenvalue weighted by Crippen LogP contribution is -2.35. The predicted molar refractivity (Wildman–Crippen MR) is 85.2 cm³/mol. The van der Waals surface area contributed by atoms with Gasteiger partial charge in [-0.05, 0) is 37.7 Å². The number of benzene rings is 1. The quantitative estimate of drug-likeness (QED) is 0.676. The number of H-pyrrole nitrogens is 1. The first-order chi connectivity index (χ1) is 10.2. The number of nitrogens with two attached hydrogens (primary N) is 1. The Morgan fingerprint density at radius 2 is 2.19 bits per heavy atom. The van der Waals surface area contributed by atoms with Gasteiger partial charge in [0.2, 0.25) is 0 Å². The van der Waals surface area contributed by atoms with E-state index in [2.05, 4.69) is 34.3 Å². The summed E-state index contributed by atoms with van der Waals surface area (Å²) >= 11 is 0. The average molecular weight is 289 g/mol. The molecule has 0 saturated carbocycles. The number of nitrogens with one attached hydrogen (secondary N) is 2. The lowest BCUT2D eigenvalue weighted by molar-refractivity contribution is 0.0945. The van der Waals surface area contributed by atoms with E-state index >= 15 is 0 Å². The van der Waals surface area contributed by atoms with Crippen LogP contribution in [0.25, 0.3) is 10.9 Å². The van der Waals surface area contributed by atoms with Crippen molar-refractivity contribution in [3.05, 3.63) is 23.9 Å². The third-order valence-electron chi connectivity index (χ3n) is 3.50. The minimum atomic E-state index is -0.167. The normalized spacial score (nSPS) is 11.2. The van der Waals surface area contributed by atoms with Crippen molar-refractivity contribution in [2.24, 2.45) is 0 Å². The van der Waals surface area contributed by atoms with Gasteiger partial charge in [-0.3, -0.25) is 9.89 Å². The van der Waals surface area contributed by atoms with Gasteiger partial charge in [0.15, 0.2) is 5.69 Å². The van der Waals surface area contributed by atoms with Crippen LogP contribution in [0, 0.1) is 0 Å². The zero-order chi connectivity index (χ0) is 15.2. The van der Waals surface area contributed by atoms with E-state index in [1.807, 2.05) is 6.07 Å². The third kappa shape index (κ3) is 3.72. The summed E-state index contributed by atoms with van der Waals surface area (Å²) in [6.07, 6.45) is 1.12. The van der Waals surface area contributed by atoms with Crippen molar-refractivity contribution in [3.8, 4) is 0 Å². The van der Waals surface area contributed by atoms with Crippen molar-refractivity contribution in [1.82, 2.24) is 20.4 Å². The second-order valence-electron chi connectivity index (χ2n) is 5.07. The minimum Gasteiger partial charge on any atom is -0.399 e. The van der Waals surface area contributed by atoms with E-state index < -0.39 is 0 Å². The van der Waals surface area contributed by atoms with E-state index in [4.69, 9.17) is 5.73 Å². The van der Waals surface area contributed by atoms with Crippen LogP contribution < -0.4 is 11.1 Å². The van der Waals surface area contributed by atoms with Crippen molar-refractivity contribution in [2.45, 2.75) is 20.3 Å². The second kappa shape index (κ2) is 7.08. The van der Waals surface area contributed by atoms with Crippen molar-refractivity contribution < 1.29 is 4.79 Å². The molecule has 0 atom stereocenters. The van der Waals surface area contributed by atoms with Gasteiger partial charge in [-0.2, -0.15) is 5.10 Å². The van der Waals surface area contributed by atoms with Gasteiger partial charge in [0, 0.05) is 24.2 Å². The minimum absolute atomic E-state index is 0.167. The maximum Gasteiger partial charge on any atom is 0.272 e. The summed E-state index contributed by atoms with van der Waals surface area (Å²) in [6, 6.07) is 5.38. The van der Waals surface area contributed by atoms with Gasteiger partial charge in [-0.15, -0.1) is 0 Å². The first kappa shape index (κ1) is 15.3. The van der Waals surface area contributed by atoms with E-state index in [0.717, 1.165) is 37.0 Å². The second-order valence-corrected chi connectivity index (χ2v) is 5.07. The molecule has 114 valence electrons. The van der Waals surface area contributed by atoms with Crippen LogP contribution in [0.3, 0.4) is 0 Å². The topological polar surface area (TPSA) is 87.0 Å². The molecule has 1 heterocycles. The van der Waals surface area contributed by atoms with Gasteiger partial charge in [-0.1, -0.05) is 13.8 Å². The molecule has 4 N–H and O–H groups in total. The van der Waals surface area contributed by atoms with Crippen molar-refractivity contribution in [3.63, 3.8) is 0 Å². The Hall–Kier alpha value is -2.08. The number of fused-ring (bicyclic) bond motifs is 1. The lowest BCUT2D eigenvalue weighted by atomic mass is 10.2. The number of aromatic nitrogens is 2. The van der Waals surface area contributed by atoms with Crippen molar-refractivity contribution >= 4 is 22.5 Å². The molecule has 2 aromatic rings. The number of amides is 1. The molecular weight excluding hydrogens is 266 g/mol. The number of rotatable bonds is 7. The molecule has 0 aliphatic rings. The van der Waals surface area contributed by atoms with E-state index in [1.54, 1.807) is 12.1 Å². The van der Waals surface area contributed by atoms with Crippen molar-refractivity contribution in [2.75, 3.05) is 31.9 Å². The molecule has 0 fully saturated rings. The number of anilines is 1. The van der Waals surface area contributed by atoms with Crippen LogP contribution in [0.5, 0.6) is 0 Å². The molecule has 2 rings (SSSR count). The molecule has 6 nitrogen and oxygen atoms in total. The SMILES string of the molecule is CCCN(CC)CCNC(=O)c1n[nH]c2ccc(N)cc12. The molecule has 21 heavy (non-hydrogen) atoms. The van der Waals surface area contributed by atoms with E-state index in [-0.39, 0.29) is 5.91 Å². The Balaban J connectivity index is 1.97. The average Bonchev–Trinajstić information content (AvgIpc) is 2.89. The number of carbonyl (C=O) groups excluding carboxylic acids is 1. The summed E-state index contributed by atoms with van der Waals surface area (Å²) in [6.45, 7) is 7.78. The van der Waals surface area contributed by atoms with Gasteiger partial charge >= 0.3 is 0 Å². The fourth-order valence-corrected chi connectivity index (χ4v) is 2.36. The molecule has 0 bridgehead atoms. The molecule has 0 radical (unpaired) electrons. The fraction of sp³-hybridized carbons (Fsp3) is 0.467. The van der Waals surface area contributed by atoms with Crippen LogP contribution in [0.1, 0.15) is 30.8 Å². The molecule has 0 aliphatic heterocycles. The van der Waals surface area contributed by atoms with Crippen LogP contribution >= 0.6 is 0 Å². The number of likely N-dealkylation sites (N-methyl/N-ethyl adjacent to an activating group) is 1. The molecular formula is C15H23N5O. The molecule has 1 aromatic carbocycles. The highest BCUT2D eigenvalue weighted by molar-refractivity contribution is 6.05. The van der Waals surface area contributed by atoms with Crippen LogP contribution in [0.15, 0.2) is 18.2 Å². The largest absolute Gasteiger partial charge is 0.399 e. The maximum atomic E-state index is 12.2. The van der Waals surface area contributed by atoms with Crippen LogP contribution in [-0.4, -0.2) is 47.2 Å². The Labute approximate surface area is 124 Å². The smallest absolute Gasteiger partial charge is 0.272 e. The van der Waals surface area contributed by atoms with Crippen LogP contribution in [0.4, 0.5) is 5.69 Å². The number of aromatic amines is 1. The van der Waals surface area contributed by atoms with Gasteiger partial charge < -0.3 is 16.0 Å². The third-order valence-corrected chi connectivity index (χ3v) is 3.50. The van der Waals surface area contributed by atoms with Crippen LogP contribution in [0.2, 0.25) is 0 Å². The first-order valence-corrected chi connectivity index (χ1v) is 7.39. The molecule has 0 aliphatic carbocycles. The van der Waals surface area contributed by atoms with Gasteiger partial charge in [0.25, 0.3) is 5.91 Å². The summed E-state index contributed by atoms with van der Waals surface area (Å²) in [5, 5.41) is 10.6. The summed E-state index contributed by atoms with van der Waals surface area (Å²) in [7, 11) is 0. The standard InChI is InChI=1S/C15H23N5O/c1-3-8-20(4-2)9-7-17-15(21)14-12-10-11(16)5-6-13(12)18-19-14/h5-6,10H,3-4,7-9,16H2,1-2H3,(H,17,21)(H,18,19). The Morgan fingerprint density at radius 1 is 1.38 bits per heavy atom. The summed E-state index contributed by atoms with van der Waals surface area (Å²) in [5.74, 6) is -0.167. The van der Waals surface area contributed by atoms with E-state index in [0.29, 0.717) is 17.9 Å². The summed E-state index contributed by atoms with van der Waals surface area (Å²) < 4.78 is 0. The molecule has 6 heteroatoms. The molecule has 0 saturated heterocycles. The highest BCUT2D eigenvalue weighted by atomic mass is 16.1. The maximum absolute atomic E-state index is 12.2. The Kier molecular flexibility index (Phi) is 5.16. The van der Waals surface area contributed by atoms with Crippen LogP contribution in [-0.2, 0) is 0 Å². The number of hydrogen-bond acceptors (Lipinski definition) is 4. The van der Waals surface area contributed by atoms with Gasteiger partial charge in [0.05, 0.1) is 5.52 Å². The number of carbonyl (C=O) groups is 1. The number of hydrogen-bond donors (Lipinski definition) is 3. The first-order valence-electron chi connectivity index (χ1n) is 7.39. The number of nitrogens with zero attached hydrogens (tertiary/aromatic N) is 2. The Bertz CT molecular complexity index is 607. The molecule has 0 spiro atoms. The van der Waals surface area contributed by atoms with Gasteiger partial charge in [0.1, 0.15) is 0 Å².